The van der Waals surface area contributed by atoms with E-state index in [1.807, 2.05) is 34.5 Å². The van der Waals surface area contributed by atoms with Crippen LogP contribution in [0.4, 0.5) is 0 Å². The number of piperazine rings is 1. The molecule has 2 saturated heterocycles. The largest absolute Gasteiger partial charge is 0.492 e. The van der Waals surface area contributed by atoms with Crippen molar-refractivity contribution in [2.24, 2.45) is 0 Å². The second kappa shape index (κ2) is 10.9. The molecule has 2 fully saturated rings. The van der Waals surface area contributed by atoms with Crippen LogP contribution in [-0.2, 0) is 11.3 Å². The molecular weight excluding hydrogens is 424 g/mol. The number of benzene rings is 1. The highest BCUT2D eigenvalue weighted by Crippen LogP contribution is 2.17. The Kier molecular flexibility index (Phi) is 7.78. The van der Waals surface area contributed by atoms with Gasteiger partial charge in [-0.3, -0.25) is 14.5 Å². The quantitative estimate of drug-likeness (QED) is 0.627. The summed E-state index contributed by atoms with van der Waals surface area (Å²) in [6.07, 6.45) is 1.56. The molecule has 172 valence electrons. The van der Waals surface area contributed by atoms with Crippen LogP contribution >= 0.6 is 11.3 Å². The summed E-state index contributed by atoms with van der Waals surface area (Å²) < 4.78 is 6.02. The van der Waals surface area contributed by atoms with Gasteiger partial charge in [-0.2, -0.15) is 0 Å². The second-order valence-electron chi connectivity index (χ2n) is 8.61. The fraction of sp³-hybridized carbons (Fsp3) is 0.500. The molecule has 7 nitrogen and oxygen atoms in total. The molecule has 32 heavy (non-hydrogen) atoms. The summed E-state index contributed by atoms with van der Waals surface area (Å²) in [4.78, 5) is 31.2. The third-order valence-electron chi connectivity index (χ3n) is 6.04. The van der Waals surface area contributed by atoms with E-state index in [1.165, 1.54) is 16.9 Å². The van der Waals surface area contributed by atoms with E-state index in [1.54, 1.807) is 0 Å². The van der Waals surface area contributed by atoms with Gasteiger partial charge in [0.1, 0.15) is 12.4 Å². The molecular formula is C24H32N4O3S. The Labute approximate surface area is 193 Å². The molecule has 1 aromatic carbocycles. The third-order valence-corrected chi connectivity index (χ3v) is 6.89. The van der Waals surface area contributed by atoms with Gasteiger partial charge >= 0.3 is 0 Å². The summed E-state index contributed by atoms with van der Waals surface area (Å²) in [6, 6.07) is 12.3. The van der Waals surface area contributed by atoms with Crippen molar-refractivity contribution in [2.75, 3.05) is 52.9 Å². The van der Waals surface area contributed by atoms with Crippen molar-refractivity contribution in [3.05, 3.63) is 52.2 Å². The normalized spacial score (nSPS) is 19.4. The fourth-order valence-electron chi connectivity index (χ4n) is 4.32. The summed E-state index contributed by atoms with van der Waals surface area (Å²) >= 11 is 1.50. The van der Waals surface area contributed by atoms with Crippen LogP contribution in [-0.4, -0.2) is 85.5 Å². The van der Waals surface area contributed by atoms with E-state index in [2.05, 4.69) is 34.3 Å². The number of carbonyl (C=O) groups is 2. The van der Waals surface area contributed by atoms with Crippen molar-refractivity contribution in [3.63, 3.8) is 0 Å². The SMILES string of the molecule is CN(Cc1cccc(OCCN2CCN(C(=O)c3cccs3)CC2)c1)CC1CCC(=O)N1. The number of nitrogens with zero attached hydrogens (tertiary/aromatic N) is 3. The Morgan fingerprint density at radius 2 is 2.06 bits per heavy atom. The molecule has 0 spiro atoms. The van der Waals surface area contributed by atoms with E-state index >= 15 is 0 Å². The summed E-state index contributed by atoms with van der Waals surface area (Å²) in [5, 5.41) is 4.97. The molecule has 2 aliphatic rings. The summed E-state index contributed by atoms with van der Waals surface area (Å²) in [5.74, 6) is 1.19. The van der Waals surface area contributed by atoms with Gasteiger partial charge in [-0.25, -0.2) is 0 Å². The molecule has 0 bridgehead atoms. The standard InChI is InChI=1S/C24H32N4O3S/c1-26(18-20-7-8-23(29)25-20)17-19-4-2-5-21(16-19)31-14-13-27-9-11-28(12-10-27)24(30)22-6-3-15-32-22/h2-6,15-16,20H,7-14,17-18H2,1H3,(H,25,29). The van der Waals surface area contributed by atoms with Crippen molar-refractivity contribution in [3.8, 4) is 5.75 Å². The molecule has 8 heteroatoms. The maximum Gasteiger partial charge on any atom is 0.264 e. The number of thiophene rings is 1. The van der Waals surface area contributed by atoms with Crippen molar-refractivity contribution in [1.82, 2.24) is 20.0 Å². The van der Waals surface area contributed by atoms with Crippen LogP contribution in [0.15, 0.2) is 41.8 Å². The van der Waals surface area contributed by atoms with Crippen LogP contribution in [0.5, 0.6) is 5.75 Å². The zero-order valence-corrected chi connectivity index (χ0v) is 19.5. The van der Waals surface area contributed by atoms with Crippen LogP contribution in [0.1, 0.15) is 28.1 Å². The van der Waals surface area contributed by atoms with Gasteiger partial charge in [0.05, 0.1) is 4.88 Å². The van der Waals surface area contributed by atoms with E-state index in [0.29, 0.717) is 13.0 Å². The third kappa shape index (κ3) is 6.31. The maximum atomic E-state index is 12.5. The van der Waals surface area contributed by atoms with Crippen LogP contribution in [0.25, 0.3) is 0 Å². The molecule has 1 unspecified atom stereocenters. The zero-order chi connectivity index (χ0) is 22.3. The van der Waals surface area contributed by atoms with E-state index in [-0.39, 0.29) is 17.9 Å². The van der Waals surface area contributed by atoms with E-state index in [9.17, 15) is 9.59 Å². The predicted octanol–water partition coefficient (Wildman–Crippen LogP) is 2.30. The predicted molar refractivity (Wildman–Crippen MR) is 126 cm³/mol. The molecule has 1 aromatic heterocycles. The lowest BCUT2D eigenvalue weighted by Gasteiger charge is -2.34. The van der Waals surface area contributed by atoms with Gasteiger partial charge in [0.15, 0.2) is 0 Å². The number of amides is 2. The number of carbonyl (C=O) groups excluding carboxylic acids is 2. The average Bonchev–Trinajstić information content (AvgIpc) is 3.46. The first-order valence-corrected chi connectivity index (χ1v) is 12.2. The number of hydrogen-bond donors (Lipinski definition) is 1. The Balaban J connectivity index is 1.16. The smallest absolute Gasteiger partial charge is 0.264 e. The molecule has 4 rings (SSSR count). The van der Waals surface area contributed by atoms with Crippen molar-refractivity contribution in [2.45, 2.75) is 25.4 Å². The molecule has 2 amide bonds. The van der Waals surface area contributed by atoms with Gasteiger partial charge in [-0.1, -0.05) is 18.2 Å². The minimum absolute atomic E-state index is 0.146. The molecule has 0 saturated carbocycles. The molecule has 0 aliphatic carbocycles. The monoisotopic (exact) mass is 456 g/mol. The number of likely N-dealkylation sites (N-methyl/N-ethyl adjacent to an activating group) is 1. The summed E-state index contributed by atoms with van der Waals surface area (Å²) in [6.45, 7) is 6.45. The maximum absolute atomic E-state index is 12.5. The van der Waals surface area contributed by atoms with E-state index in [0.717, 1.165) is 62.9 Å². The first kappa shape index (κ1) is 22.8. The molecule has 2 aliphatic heterocycles. The van der Waals surface area contributed by atoms with Gasteiger partial charge in [0.2, 0.25) is 5.91 Å². The van der Waals surface area contributed by atoms with Gasteiger partial charge in [-0.05, 0) is 42.6 Å². The number of hydrogen-bond acceptors (Lipinski definition) is 6. The molecule has 1 N–H and O–H groups in total. The Bertz CT molecular complexity index is 896. The summed E-state index contributed by atoms with van der Waals surface area (Å²) in [7, 11) is 2.08. The highest BCUT2D eigenvalue weighted by Gasteiger charge is 2.23. The minimum Gasteiger partial charge on any atom is -0.492 e. The topological polar surface area (TPSA) is 65.1 Å². The van der Waals surface area contributed by atoms with E-state index in [4.69, 9.17) is 4.74 Å². The van der Waals surface area contributed by atoms with Crippen LogP contribution in [0.2, 0.25) is 0 Å². The number of nitrogens with one attached hydrogen (secondary N) is 1. The molecule has 3 heterocycles. The lowest BCUT2D eigenvalue weighted by Crippen LogP contribution is -2.49. The van der Waals surface area contributed by atoms with Gasteiger partial charge < -0.3 is 19.9 Å². The minimum atomic E-state index is 0.146. The first-order chi connectivity index (χ1) is 15.6. The Morgan fingerprint density at radius 3 is 2.78 bits per heavy atom. The van der Waals surface area contributed by atoms with Crippen molar-refractivity contribution < 1.29 is 14.3 Å². The van der Waals surface area contributed by atoms with E-state index < -0.39 is 0 Å². The first-order valence-electron chi connectivity index (χ1n) is 11.3. The second-order valence-corrected chi connectivity index (χ2v) is 9.55. The van der Waals surface area contributed by atoms with Gasteiger partial charge in [0.25, 0.3) is 5.91 Å². The van der Waals surface area contributed by atoms with Crippen LogP contribution in [0, 0.1) is 0 Å². The zero-order valence-electron chi connectivity index (χ0n) is 18.7. The van der Waals surface area contributed by atoms with Crippen LogP contribution in [0.3, 0.4) is 0 Å². The highest BCUT2D eigenvalue weighted by molar-refractivity contribution is 7.12. The Hall–Kier alpha value is -2.42. The van der Waals surface area contributed by atoms with Gasteiger partial charge in [0, 0.05) is 58.3 Å². The molecule has 1 atom stereocenters. The summed E-state index contributed by atoms with van der Waals surface area (Å²) in [5.41, 5.74) is 1.20. The van der Waals surface area contributed by atoms with Gasteiger partial charge in [-0.15, -0.1) is 11.3 Å². The van der Waals surface area contributed by atoms with Crippen molar-refractivity contribution >= 4 is 23.2 Å². The number of rotatable bonds is 9. The molecule has 0 radical (unpaired) electrons. The Morgan fingerprint density at radius 1 is 1.22 bits per heavy atom. The molecule has 2 aromatic rings. The lowest BCUT2D eigenvalue weighted by molar-refractivity contribution is -0.119. The highest BCUT2D eigenvalue weighted by atomic mass is 32.1. The van der Waals surface area contributed by atoms with Crippen LogP contribution < -0.4 is 10.1 Å². The van der Waals surface area contributed by atoms with Crippen molar-refractivity contribution in [1.29, 1.82) is 0 Å². The average molecular weight is 457 g/mol. The fourth-order valence-corrected chi connectivity index (χ4v) is 5.01. The number of ether oxygens (including phenoxy) is 1. The lowest BCUT2D eigenvalue weighted by atomic mass is 10.1.